The molecule has 12 heavy (non-hydrogen) atoms. The van der Waals surface area contributed by atoms with Crippen LogP contribution in [-0.4, -0.2) is 33.7 Å². The van der Waals surface area contributed by atoms with Gasteiger partial charge in [0.15, 0.2) is 0 Å². The average Bonchev–Trinajstić information content (AvgIpc) is 2.77. The second-order valence-electron chi connectivity index (χ2n) is 2.97. The molecular formula is C8H12N4. The highest BCUT2D eigenvalue weighted by molar-refractivity contribution is 5.78. The second-order valence-corrected chi connectivity index (χ2v) is 2.97. The van der Waals surface area contributed by atoms with Crippen molar-refractivity contribution < 1.29 is 0 Å². The van der Waals surface area contributed by atoms with E-state index in [1.165, 1.54) is 12.8 Å². The fourth-order valence-corrected chi connectivity index (χ4v) is 1.47. The Kier molecular flexibility index (Phi) is 1.81. The van der Waals surface area contributed by atoms with Gasteiger partial charge in [-0.3, -0.25) is 5.41 Å². The number of hydrogen-bond donors (Lipinski definition) is 1. The third-order valence-electron chi connectivity index (χ3n) is 2.13. The van der Waals surface area contributed by atoms with Gasteiger partial charge in [0.2, 0.25) is 5.96 Å². The van der Waals surface area contributed by atoms with Gasteiger partial charge in [-0.25, -0.2) is 4.68 Å². The van der Waals surface area contributed by atoms with Crippen molar-refractivity contribution in [2.45, 2.75) is 12.8 Å². The van der Waals surface area contributed by atoms with Gasteiger partial charge in [0.1, 0.15) is 0 Å². The molecule has 0 atom stereocenters. The van der Waals surface area contributed by atoms with Gasteiger partial charge in [-0.15, -0.1) is 0 Å². The Morgan fingerprint density at radius 1 is 1.33 bits per heavy atom. The number of nitrogens with one attached hydrogen (secondary N) is 1. The summed E-state index contributed by atoms with van der Waals surface area (Å²) < 4.78 is 1.60. The first kappa shape index (κ1) is 7.34. The van der Waals surface area contributed by atoms with Crippen LogP contribution in [0.4, 0.5) is 0 Å². The smallest absolute Gasteiger partial charge is 0.218 e. The Morgan fingerprint density at radius 2 is 2.08 bits per heavy atom. The van der Waals surface area contributed by atoms with E-state index in [2.05, 4.69) is 5.10 Å². The first-order chi connectivity index (χ1) is 5.88. The van der Waals surface area contributed by atoms with E-state index in [1.807, 2.05) is 11.0 Å². The quantitative estimate of drug-likeness (QED) is 0.454. The van der Waals surface area contributed by atoms with Crippen molar-refractivity contribution in [1.82, 2.24) is 14.7 Å². The Balaban J connectivity index is 2.09. The van der Waals surface area contributed by atoms with Crippen LogP contribution in [0.3, 0.4) is 0 Å². The van der Waals surface area contributed by atoms with Gasteiger partial charge >= 0.3 is 0 Å². The lowest BCUT2D eigenvalue weighted by Gasteiger charge is -2.17. The van der Waals surface area contributed by atoms with E-state index in [-0.39, 0.29) is 0 Å². The molecule has 0 bridgehead atoms. The number of likely N-dealkylation sites (tertiary alicyclic amines) is 1. The first-order valence-electron chi connectivity index (χ1n) is 4.21. The molecule has 4 heteroatoms. The van der Waals surface area contributed by atoms with Crippen molar-refractivity contribution in [1.29, 1.82) is 5.41 Å². The topological polar surface area (TPSA) is 44.9 Å². The number of rotatable bonds is 0. The molecule has 0 aromatic carbocycles. The van der Waals surface area contributed by atoms with Gasteiger partial charge in [-0.1, -0.05) is 0 Å². The summed E-state index contributed by atoms with van der Waals surface area (Å²) in [6.07, 6.45) is 5.90. The van der Waals surface area contributed by atoms with Crippen molar-refractivity contribution >= 4 is 5.96 Å². The van der Waals surface area contributed by atoms with Crippen LogP contribution in [-0.2, 0) is 0 Å². The molecule has 1 fully saturated rings. The van der Waals surface area contributed by atoms with Crippen LogP contribution in [0.15, 0.2) is 18.5 Å². The summed E-state index contributed by atoms with van der Waals surface area (Å²) in [7, 11) is 0. The average molecular weight is 164 g/mol. The molecule has 2 rings (SSSR count). The predicted molar refractivity (Wildman–Crippen MR) is 46.2 cm³/mol. The van der Waals surface area contributed by atoms with Gasteiger partial charge < -0.3 is 4.90 Å². The first-order valence-corrected chi connectivity index (χ1v) is 4.21. The fraction of sp³-hybridized carbons (Fsp3) is 0.500. The van der Waals surface area contributed by atoms with E-state index in [4.69, 9.17) is 5.41 Å². The van der Waals surface area contributed by atoms with Crippen molar-refractivity contribution in [3.8, 4) is 0 Å². The molecule has 0 radical (unpaired) electrons. The summed E-state index contributed by atoms with van der Waals surface area (Å²) in [5.41, 5.74) is 0. The SMILES string of the molecule is N=C(N1CCCC1)n1cccn1. The van der Waals surface area contributed by atoms with Gasteiger partial charge in [-0.05, 0) is 18.9 Å². The molecule has 1 aromatic heterocycles. The highest BCUT2D eigenvalue weighted by Gasteiger charge is 2.15. The lowest BCUT2D eigenvalue weighted by Crippen LogP contribution is -2.32. The molecule has 1 N–H and O–H groups in total. The molecule has 64 valence electrons. The molecule has 1 aliphatic rings. The van der Waals surface area contributed by atoms with Crippen LogP contribution in [0.2, 0.25) is 0 Å². The monoisotopic (exact) mass is 164 g/mol. The molecule has 0 spiro atoms. The zero-order valence-electron chi connectivity index (χ0n) is 6.90. The van der Waals surface area contributed by atoms with Crippen molar-refractivity contribution in [2.24, 2.45) is 0 Å². The third kappa shape index (κ3) is 1.20. The minimum absolute atomic E-state index is 0.498. The maximum absolute atomic E-state index is 7.77. The minimum Gasteiger partial charge on any atom is -0.341 e. The van der Waals surface area contributed by atoms with E-state index < -0.39 is 0 Å². The van der Waals surface area contributed by atoms with Gasteiger partial charge in [-0.2, -0.15) is 5.10 Å². The maximum atomic E-state index is 7.77. The largest absolute Gasteiger partial charge is 0.341 e. The lowest BCUT2D eigenvalue weighted by molar-refractivity contribution is 0.488. The van der Waals surface area contributed by atoms with Crippen LogP contribution < -0.4 is 0 Å². The van der Waals surface area contributed by atoms with E-state index in [1.54, 1.807) is 17.1 Å². The number of nitrogens with zero attached hydrogens (tertiary/aromatic N) is 3. The van der Waals surface area contributed by atoms with Crippen LogP contribution in [0.25, 0.3) is 0 Å². The molecule has 2 heterocycles. The normalized spacial score (nSPS) is 16.8. The fourth-order valence-electron chi connectivity index (χ4n) is 1.47. The molecule has 1 aliphatic heterocycles. The molecule has 0 saturated carbocycles. The molecule has 0 aliphatic carbocycles. The van der Waals surface area contributed by atoms with Crippen molar-refractivity contribution in [3.05, 3.63) is 18.5 Å². The molecule has 1 saturated heterocycles. The highest BCUT2D eigenvalue weighted by Crippen LogP contribution is 2.07. The second kappa shape index (κ2) is 2.97. The van der Waals surface area contributed by atoms with E-state index in [0.29, 0.717) is 5.96 Å². The summed E-state index contributed by atoms with van der Waals surface area (Å²) in [6.45, 7) is 2.00. The summed E-state index contributed by atoms with van der Waals surface area (Å²) in [5.74, 6) is 0.498. The van der Waals surface area contributed by atoms with Gasteiger partial charge in [0, 0.05) is 25.5 Å². The van der Waals surface area contributed by atoms with Crippen LogP contribution in [0.5, 0.6) is 0 Å². The van der Waals surface area contributed by atoms with Gasteiger partial charge in [0.25, 0.3) is 0 Å². The Hall–Kier alpha value is -1.32. The number of hydrogen-bond acceptors (Lipinski definition) is 2. The molecule has 0 unspecified atom stereocenters. The molecular weight excluding hydrogens is 152 g/mol. The Bertz CT molecular complexity index is 259. The summed E-state index contributed by atoms with van der Waals surface area (Å²) in [4.78, 5) is 2.05. The minimum atomic E-state index is 0.498. The van der Waals surface area contributed by atoms with E-state index in [0.717, 1.165) is 13.1 Å². The third-order valence-corrected chi connectivity index (χ3v) is 2.13. The van der Waals surface area contributed by atoms with Gasteiger partial charge in [0.05, 0.1) is 0 Å². The molecule has 1 aromatic rings. The summed E-state index contributed by atoms with van der Waals surface area (Å²) in [5, 5.41) is 11.8. The van der Waals surface area contributed by atoms with Crippen LogP contribution in [0, 0.1) is 5.41 Å². The summed E-state index contributed by atoms with van der Waals surface area (Å²) in [6, 6.07) is 1.84. The van der Waals surface area contributed by atoms with Crippen LogP contribution >= 0.6 is 0 Å². The standard InChI is InChI=1S/C8H12N4/c9-8(11-5-1-2-6-11)12-7-3-4-10-12/h3-4,7,9H,1-2,5-6H2. The summed E-state index contributed by atoms with van der Waals surface area (Å²) >= 11 is 0. The molecule has 4 nitrogen and oxygen atoms in total. The van der Waals surface area contributed by atoms with E-state index in [9.17, 15) is 0 Å². The number of aromatic nitrogens is 2. The maximum Gasteiger partial charge on any atom is 0.218 e. The lowest BCUT2D eigenvalue weighted by atomic mass is 10.4. The molecule has 0 amide bonds. The Labute approximate surface area is 71.3 Å². The van der Waals surface area contributed by atoms with Crippen molar-refractivity contribution in [3.63, 3.8) is 0 Å². The van der Waals surface area contributed by atoms with Crippen LogP contribution in [0.1, 0.15) is 12.8 Å². The van der Waals surface area contributed by atoms with Crippen molar-refractivity contribution in [2.75, 3.05) is 13.1 Å². The van der Waals surface area contributed by atoms with E-state index >= 15 is 0 Å². The zero-order valence-corrected chi connectivity index (χ0v) is 6.90. The Morgan fingerprint density at radius 3 is 2.67 bits per heavy atom. The highest BCUT2D eigenvalue weighted by atomic mass is 15.4. The zero-order chi connectivity index (χ0) is 8.39. The predicted octanol–water partition coefficient (Wildman–Crippen LogP) is 0.762.